The Labute approximate surface area is 156 Å². The topological polar surface area (TPSA) is 35.6 Å². The van der Waals surface area contributed by atoms with Crippen molar-refractivity contribution < 1.29 is 9.18 Å². The van der Waals surface area contributed by atoms with Crippen molar-refractivity contribution in [3.05, 3.63) is 35.6 Å². The maximum absolute atomic E-state index is 13.1. The maximum atomic E-state index is 13.1. The molecule has 1 aromatic rings. The summed E-state index contributed by atoms with van der Waals surface area (Å²) in [5, 5.41) is 2.98. The molecule has 1 amide bonds. The average molecular weight is 362 g/mol. The summed E-state index contributed by atoms with van der Waals surface area (Å²) in [4.78, 5) is 16.9. The number of carbonyl (C=O) groups is 1. The molecule has 2 heterocycles. The molecule has 1 aromatic carbocycles. The molecule has 1 spiro atoms. The lowest BCUT2D eigenvalue weighted by atomic mass is 9.79. The van der Waals surface area contributed by atoms with E-state index in [1.807, 2.05) is 26.0 Å². The fourth-order valence-electron chi connectivity index (χ4n) is 4.50. The number of hydrogen-bond acceptors (Lipinski definition) is 3. The van der Waals surface area contributed by atoms with Crippen LogP contribution >= 0.6 is 0 Å². The predicted molar refractivity (Wildman–Crippen MR) is 102 cm³/mol. The molecule has 1 N–H and O–H groups in total. The number of nitrogens with one attached hydrogen (secondary N) is 1. The number of benzene rings is 1. The second kappa shape index (κ2) is 8.49. The van der Waals surface area contributed by atoms with Gasteiger partial charge in [-0.05, 0) is 69.3 Å². The SMILES string of the molecule is CC(C)NC(=O)CCN1CC[C@@]2(CCCN(Cc3ccc(F)cc3)C2)C1. The lowest BCUT2D eigenvalue weighted by Gasteiger charge is -2.40. The Balaban J connectivity index is 1.49. The smallest absolute Gasteiger partial charge is 0.221 e. The lowest BCUT2D eigenvalue weighted by molar-refractivity contribution is -0.121. The van der Waals surface area contributed by atoms with Crippen LogP contribution in [0, 0.1) is 11.2 Å². The number of carbonyl (C=O) groups excluding carboxylic acids is 1. The maximum Gasteiger partial charge on any atom is 0.221 e. The average Bonchev–Trinajstić information content (AvgIpc) is 2.97. The van der Waals surface area contributed by atoms with E-state index in [2.05, 4.69) is 15.1 Å². The molecule has 3 rings (SSSR count). The molecule has 4 nitrogen and oxygen atoms in total. The number of halogens is 1. The summed E-state index contributed by atoms with van der Waals surface area (Å²) < 4.78 is 13.1. The Morgan fingerprint density at radius 3 is 2.62 bits per heavy atom. The fraction of sp³-hybridized carbons (Fsp3) is 0.667. The van der Waals surface area contributed by atoms with Crippen molar-refractivity contribution in [2.45, 2.75) is 52.1 Å². The molecule has 0 bridgehead atoms. The summed E-state index contributed by atoms with van der Waals surface area (Å²) in [6.07, 6.45) is 4.32. The number of nitrogens with zero attached hydrogens (tertiary/aromatic N) is 2. The molecule has 2 saturated heterocycles. The number of rotatable bonds is 6. The quantitative estimate of drug-likeness (QED) is 0.846. The van der Waals surface area contributed by atoms with Gasteiger partial charge in [-0.25, -0.2) is 4.39 Å². The molecule has 5 heteroatoms. The first-order valence-corrected chi connectivity index (χ1v) is 9.93. The van der Waals surface area contributed by atoms with Crippen LogP contribution < -0.4 is 5.32 Å². The van der Waals surface area contributed by atoms with Crippen molar-refractivity contribution >= 4 is 5.91 Å². The molecule has 2 aliphatic rings. The molecule has 0 unspecified atom stereocenters. The van der Waals surface area contributed by atoms with Crippen molar-refractivity contribution in [3.8, 4) is 0 Å². The van der Waals surface area contributed by atoms with Crippen molar-refractivity contribution in [1.29, 1.82) is 0 Å². The fourth-order valence-corrected chi connectivity index (χ4v) is 4.50. The zero-order valence-corrected chi connectivity index (χ0v) is 16.1. The second-order valence-corrected chi connectivity index (χ2v) is 8.44. The van der Waals surface area contributed by atoms with Crippen LogP contribution in [0.1, 0.15) is 45.1 Å². The summed E-state index contributed by atoms with van der Waals surface area (Å²) in [6.45, 7) is 10.2. The molecule has 26 heavy (non-hydrogen) atoms. The van der Waals surface area contributed by atoms with Gasteiger partial charge in [-0.2, -0.15) is 0 Å². The van der Waals surface area contributed by atoms with Crippen LogP contribution in [-0.4, -0.2) is 54.5 Å². The van der Waals surface area contributed by atoms with Crippen LogP contribution in [0.4, 0.5) is 4.39 Å². The van der Waals surface area contributed by atoms with Crippen molar-refractivity contribution in [2.24, 2.45) is 5.41 Å². The Morgan fingerprint density at radius 2 is 1.88 bits per heavy atom. The Kier molecular flexibility index (Phi) is 6.30. The molecule has 0 aromatic heterocycles. The van der Waals surface area contributed by atoms with E-state index in [0.717, 1.165) is 39.3 Å². The van der Waals surface area contributed by atoms with Crippen molar-refractivity contribution in [1.82, 2.24) is 15.1 Å². The lowest BCUT2D eigenvalue weighted by Crippen LogP contribution is -2.44. The Bertz CT molecular complexity index is 604. The van der Waals surface area contributed by atoms with E-state index >= 15 is 0 Å². The number of likely N-dealkylation sites (tertiary alicyclic amines) is 2. The standard InChI is InChI=1S/C21H32FN3O/c1-17(2)23-20(26)8-12-24-13-10-21(15-24)9-3-11-25(16-21)14-18-4-6-19(22)7-5-18/h4-7,17H,3,8-16H2,1-2H3,(H,23,26)/t21-/m0/s1. The molecule has 2 fully saturated rings. The van der Waals surface area contributed by atoms with Gasteiger partial charge in [-0.1, -0.05) is 12.1 Å². The van der Waals surface area contributed by atoms with E-state index in [9.17, 15) is 9.18 Å². The molecule has 0 radical (unpaired) electrons. The van der Waals surface area contributed by atoms with Gasteiger partial charge < -0.3 is 10.2 Å². The highest BCUT2D eigenvalue weighted by atomic mass is 19.1. The third-order valence-electron chi connectivity index (χ3n) is 5.68. The van der Waals surface area contributed by atoms with E-state index in [1.54, 1.807) is 12.1 Å². The predicted octanol–water partition coefficient (Wildman–Crippen LogP) is 3.03. The molecule has 2 aliphatic heterocycles. The van der Waals surface area contributed by atoms with Gasteiger partial charge in [0.1, 0.15) is 5.82 Å². The largest absolute Gasteiger partial charge is 0.354 e. The second-order valence-electron chi connectivity index (χ2n) is 8.44. The van der Waals surface area contributed by atoms with Crippen LogP contribution in [0.25, 0.3) is 0 Å². The summed E-state index contributed by atoms with van der Waals surface area (Å²) in [7, 11) is 0. The van der Waals surface area contributed by atoms with Crippen LogP contribution in [-0.2, 0) is 11.3 Å². The van der Waals surface area contributed by atoms with Gasteiger partial charge in [-0.3, -0.25) is 9.69 Å². The van der Waals surface area contributed by atoms with Gasteiger partial charge in [0.15, 0.2) is 0 Å². The van der Waals surface area contributed by atoms with Crippen LogP contribution in [0.2, 0.25) is 0 Å². The zero-order chi connectivity index (χ0) is 18.6. The van der Waals surface area contributed by atoms with Crippen molar-refractivity contribution in [2.75, 3.05) is 32.7 Å². The normalized spacial score (nSPS) is 24.5. The van der Waals surface area contributed by atoms with E-state index in [0.29, 0.717) is 11.8 Å². The highest BCUT2D eigenvalue weighted by Crippen LogP contribution is 2.39. The number of piperidine rings is 1. The third-order valence-corrected chi connectivity index (χ3v) is 5.68. The monoisotopic (exact) mass is 361 g/mol. The van der Waals surface area contributed by atoms with Gasteiger partial charge in [-0.15, -0.1) is 0 Å². The first-order chi connectivity index (χ1) is 12.4. The summed E-state index contributed by atoms with van der Waals surface area (Å²) in [5.74, 6) is -0.0145. The van der Waals surface area contributed by atoms with E-state index < -0.39 is 0 Å². The minimum atomic E-state index is -0.170. The molecule has 0 saturated carbocycles. The molecule has 0 aliphatic carbocycles. The third kappa shape index (κ3) is 5.27. The summed E-state index contributed by atoms with van der Waals surface area (Å²) >= 11 is 0. The van der Waals surface area contributed by atoms with Crippen LogP contribution in [0.15, 0.2) is 24.3 Å². The van der Waals surface area contributed by atoms with Crippen LogP contribution in [0.5, 0.6) is 0 Å². The molecule has 1 atom stereocenters. The first-order valence-electron chi connectivity index (χ1n) is 9.93. The van der Waals surface area contributed by atoms with Gasteiger partial charge in [0.2, 0.25) is 5.91 Å². The zero-order valence-electron chi connectivity index (χ0n) is 16.1. The first kappa shape index (κ1) is 19.3. The van der Waals surface area contributed by atoms with Gasteiger partial charge in [0.05, 0.1) is 0 Å². The van der Waals surface area contributed by atoms with Crippen LogP contribution in [0.3, 0.4) is 0 Å². The molecule has 144 valence electrons. The minimum absolute atomic E-state index is 0.155. The molecular formula is C21H32FN3O. The van der Waals surface area contributed by atoms with Crippen molar-refractivity contribution in [3.63, 3.8) is 0 Å². The number of hydrogen-bond donors (Lipinski definition) is 1. The minimum Gasteiger partial charge on any atom is -0.354 e. The van der Waals surface area contributed by atoms with Gasteiger partial charge in [0, 0.05) is 38.6 Å². The Morgan fingerprint density at radius 1 is 1.15 bits per heavy atom. The van der Waals surface area contributed by atoms with E-state index in [4.69, 9.17) is 0 Å². The van der Waals surface area contributed by atoms with E-state index in [1.165, 1.54) is 24.8 Å². The van der Waals surface area contributed by atoms with E-state index in [-0.39, 0.29) is 17.8 Å². The molecular weight excluding hydrogens is 329 g/mol. The van der Waals surface area contributed by atoms with Gasteiger partial charge >= 0.3 is 0 Å². The highest BCUT2D eigenvalue weighted by Gasteiger charge is 2.41. The summed E-state index contributed by atoms with van der Waals surface area (Å²) in [5.41, 5.74) is 1.55. The number of amides is 1. The van der Waals surface area contributed by atoms with Gasteiger partial charge in [0.25, 0.3) is 0 Å². The Hall–Kier alpha value is -1.46. The summed E-state index contributed by atoms with van der Waals surface area (Å²) in [6, 6.07) is 7.10. The highest BCUT2D eigenvalue weighted by molar-refractivity contribution is 5.76.